The van der Waals surface area contributed by atoms with Gasteiger partial charge in [0.25, 0.3) is 0 Å². The molecular formula is C11H20. The molecule has 0 saturated heterocycles. The molecule has 0 heteroatoms. The molecule has 3 atom stereocenters. The molecule has 0 aromatic rings. The monoisotopic (exact) mass is 152 g/mol. The summed E-state index contributed by atoms with van der Waals surface area (Å²) in [5, 5.41) is 0. The highest BCUT2D eigenvalue weighted by Gasteiger charge is 2.57. The van der Waals surface area contributed by atoms with Crippen molar-refractivity contribution in [2.75, 3.05) is 0 Å². The quantitative estimate of drug-likeness (QED) is 0.498. The van der Waals surface area contributed by atoms with Gasteiger partial charge in [-0.2, -0.15) is 0 Å². The minimum absolute atomic E-state index is 0.607. The van der Waals surface area contributed by atoms with Crippen molar-refractivity contribution in [1.29, 1.82) is 0 Å². The topological polar surface area (TPSA) is 0 Å². The first-order valence-corrected chi connectivity index (χ1v) is 4.97. The molecule has 2 rings (SSSR count). The van der Waals surface area contributed by atoms with Crippen LogP contribution >= 0.6 is 0 Å². The van der Waals surface area contributed by atoms with Crippen LogP contribution in [-0.2, 0) is 0 Å². The van der Waals surface area contributed by atoms with Gasteiger partial charge in [-0.15, -0.1) is 0 Å². The van der Waals surface area contributed by atoms with Gasteiger partial charge in [-0.25, -0.2) is 0 Å². The Hall–Kier alpha value is 0. The van der Waals surface area contributed by atoms with Crippen LogP contribution in [0.5, 0.6) is 0 Å². The molecule has 2 bridgehead atoms. The predicted octanol–water partition coefficient (Wildman–Crippen LogP) is 3.47. The Morgan fingerprint density at radius 2 is 1.82 bits per heavy atom. The molecule has 11 heavy (non-hydrogen) atoms. The molecule has 0 N–H and O–H groups in total. The largest absolute Gasteiger partial charge is 0.0617 e. The smallest absolute Gasteiger partial charge is 0.0269 e. The van der Waals surface area contributed by atoms with Gasteiger partial charge in [-0.3, -0.25) is 0 Å². The summed E-state index contributed by atoms with van der Waals surface area (Å²) in [7, 11) is 0. The third-order valence-electron chi connectivity index (χ3n) is 5.18. The van der Waals surface area contributed by atoms with Crippen LogP contribution in [0.2, 0.25) is 0 Å². The van der Waals surface area contributed by atoms with E-state index >= 15 is 0 Å². The fourth-order valence-corrected chi connectivity index (χ4v) is 3.44. The molecule has 2 fully saturated rings. The van der Waals surface area contributed by atoms with Crippen molar-refractivity contribution < 1.29 is 0 Å². The molecule has 0 nitrogen and oxygen atoms in total. The zero-order valence-corrected chi connectivity index (χ0v) is 8.28. The molecule has 0 aliphatic heterocycles. The molecule has 0 aromatic carbocycles. The molecule has 2 aliphatic carbocycles. The van der Waals surface area contributed by atoms with E-state index < -0.39 is 0 Å². The Bertz CT molecular complexity index is 178. The third-order valence-corrected chi connectivity index (χ3v) is 5.18. The van der Waals surface area contributed by atoms with Crippen LogP contribution in [0.1, 0.15) is 47.0 Å². The second kappa shape index (κ2) is 1.84. The molecule has 0 aromatic heterocycles. The lowest BCUT2D eigenvalue weighted by atomic mass is 9.62. The van der Waals surface area contributed by atoms with Gasteiger partial charge in [0.05, 0.1) is 0 Å². The van der Waals surface area contributed by atoms with Crippen molar-refractivity contribution in [1.82, 2.24) is 0 Å². The first kappa shape index (κ1) is 7.64. The Labute approximate surface area is 70.4 Å². The minimum atomic E-state index is 0.607. The van der Waals surface area contributed by atoms with Crippen LogP contribution in [0, 0.1) is 22.7 Å². The van der Waals surface area contributed by atoms with E-state index in [-0.39, 0.29) is 0 Å². The fourth-order valence-electron chi connectivity index (χ4n) is 3.44. The van der Waals surface area contributed by atoms with Crippen LogP contribution in [0.15, 0.2) is 0 Å². The molecule has 2 aliphatic rings. The van der Waals surface area contributed by atoms with Gasteiger partial charge in [-0.1, -0.05) is 27.7 Å². The summed E-state index contributed by atoms with van der Waals surface area (Å²) in [6.45, 7) is 9.89. The summed E-state index contributed by atoms with van der Waals surface area (Å²) in [6.07, 6.45) is 4.48. The normalized spacial score (nSPS) is 53.5. The average Bonchev–Trinajstić information content (AvgIpc) is 2.36. The van der Waals surface area contributed by atoms with Crippen LogP contribution in [0.3, 0.4) is 0 Å². The molecular weight excluding hydrogens is 132 g/mol. The highest BCUT2D eigenvalue weighted by atomic mass is 14.6. The van der Waals surface area contributed by atoms with Gasteiger partial charge in [-0.05, 0) is 41.9 Å². The van der Waals surface area contributed by atoms with E-state index in [0.717, 1.165) is 11.8 Å². The highest BCUT2D eigenvalue weighted by molar-refractivity contribution is 5.07. The van der Waals surface area contributed by atoms with E-state index in [2.05, 4.69) is 27.7 Å². The standard InChI is InChI=1S/C11H20/c1-8-9-5-6-11(4,7-9)10(8,2)3/h8-9H,5-7H2,1-4H3. The molecule has 0 spiro atoms. The number of hydrogen-bond donors (Lipinski definition) is 0. The summed E-state index contributed by atoms with van der Waals surface area (Å²) >= 11 is 0. The van der Waals surface area contributed by atoms with Crippen LogP contribution in [-0.4, -0.2) is 0 Å². The molecule has 3 unspecified atom stereocenters. The maximum Gasteiger partial charge on any atom is -0.0269 e. The van der Waals surface area contributed by atoms with Crippen molar-refractivity contribution in [3.8, 4) is 0 Å². The van der Waals surface area contributed by atoms with Crippen molar-refractivity contribution in [3.63, 3.8) is 0 Å². The Kier molecular flexibility index (Phi) is 1.28. The van der Waals surface area contributed by atoms with E-state index in [1.165, 1.54) is 19.3 Å². The Morgan fingerprint density at radius 3 is 2.09 bits per heavy atom. The van der Waals surface area contributed by atoms with Crippen molar-refractivity contribution in [2.45, 2.75) is 47.0 Å². The van der Waals surface area contributed by atoms with Gasteiger partial charge in [0.1, 0.15) is 0 Å². The van der Waals surface area contributed by atoms with Gasteiger partial charge in [0.2, 0.25) is 0 Å². The zero-order valence-electron chi connectivity index (χ0n) is 8.28. The van der Waals surface area contributed by atoms with Gasteiger partial charge >= 0.3 is 0 Å². The summed E-state index contributed by atoms with van der Waals surface area (Å²) in [4.78, 5) is 0. The van der Waals surface area contributed by atoms with Gasteiger partial charge in [0, 0.05) is 0 Å². The summed E-state index contributed by atoms with van der Waals surface area (Å²) < 4.78 is 0. The van der Waals surface area contributed by atoms with Crippen LogP contribution in [0.4, 0.5) is 0 Å². The van der Waals surface area contributed by atoms with Gasteiger partial charge < -0.3 is 0 Å². The van der Waals surface area contributed by atoms with Crippen molar-refractivity contribution in [2.24, 2.45) is 22.7 Å². The minimum Gasteiger partial charge on any atom is -0.0617 e. The number of rotatable bonds is 0. The van der Waals surface area contributed by atoms with E-state index in [9.17, 15) is 0 Å². The SMILES string of the molecule is CC1C2CCC(C)(C2)C1(C)C. The molecule has 64 valence electrons. The predicted molar refractivity (Wildman–Crippen MR) is 48.4 cm³/mol. The summed E-state index contributed by atoms with van der Waals surface area (Å²) in [5.74, 6) is 2.01. The van der Waals surface area contributed by atoms with E-state index in [1.807, 2.05) is 0 Å². The molecule has 0 heterocycles. The second-order valence-corrected chi connectivity index (χ2v) is 5.57. The average molecular weight is 152 g/mol. The lowest BCUT2D eigenvalue weighted by molar-refractivity contribution is 0.0606. The van der Waals surface area contributed by atoms with Crippen LogP contribution < -0.4 is 0 Å². The van der Waals surface area contributed by atoms with E-state index in [1.54, 1.807) is 0 Å². The van der Waals surface area contributed by atoms with E-state index in [0.29, 0.717) is 10.8 Å². The first-order valence-electron chi connectivity index (χ1n) is 4.97. The Morgan fingerprint density at radius 1 is 1.18 bits per heavy atom. The van der Waals surface area contributed by atoms with E-state index in [4.69, 9.17) is 0 Å². The van der Waals surface area contributed by atoms with Crippen molar-refractivity contribution >= 4 is 0 Å². The van der Waals surface area contributed by atoms with Crippen LogP contribution in [0.25, 0.3) is 0 Å². The van der Waals surface area contributed by atoms with Crippen molar-refractivity contribution in [3.05, 3.63) is 0 Å². The third kappa shape index (κ3) is 0.711. The fraction of sp³-hybridized carbons (Fsp3) is 1.00. The highest BCUT2D eigenvalue weighted by Crippen LogP contribution is 2.66. The second-order valence-electron chi connectivity index (χ2n) is 5.57. The number of hydrogen-bond acceptors (Lipinski definition) is 0. The lowest BCUT2D eigenvalue weighted by Crippen LogP contribution is -2.35. The lowest BCUT2D eigenvalue weighted by Gasteiger charge is -2.43. The first-order chi connectivity index (χ1) is 4.97. The molecule has 0 amide bonds. The summed E-state index contributed by atoms with van der Waals surface area (Å²) in [6, 6.07) is 0. The maximum absolute atomic E-state index is 2.50. The summed E-state index contributed by atoms with van der Waals surface area (Å²) in [5.41, 5.74) is 1.28. The zero-order chi connectivity index (χ0) is 8.28. The molecule has 0 radical (unpaired) electrons. The molecule has 2 saturated carbocycles. The van der Waals surface area contributed by atoms with Gasteiger partial charge in [0.15, 0.2) is 0 Å². The number of fused-ring (bicyclic) bond motifs is 2. The maximum atomic E-state index is 2.50. The Balaban J connectivity index is 2.36.